The third kappa shape index (κ3) is 2.95. The molecule has 0 atom stereocenters. The van der Waals surface area contributed by atoms with E-state index in [2.05, 4.69) is 15.8 Å². The first kappa shape index (κ1) is 9.45. The van der Waals surface area contributed by atoms with Crippen LogP contribution in [0.2, 0.25) is 0 Å². The highest BCUT2D eigenvalue weighted by Gasteiger charge is 1.91. The van der Waals surface area contributed by atoms with E-state index >= 15 is 0 Å². The summed E-state index contributed by atoms with van der Waals surface area (Å²) in [5, 5.41) is 7.76. The van der Waals surface area contributed by atoms with Crippen molar-refractivity contribution in [2.24, 2.45) is 10.3 Å². The van der Waals surface area contributed by atoms with Crippen LogP contribution in [-0.4, -0.2) is 0 Å². The van der Waals surface area contributed by atoms with Crippen molar-refractivity contribution in [2.45, 2.75) is 6.54 Å². The van der Waals surface area contributed by atoms with E-state index in [0.717, 1.165) is 11.4 Å². The molecule has 0 saturated carbocycles. The minimum Gasteiger partial charge on any atom is -0.467 e. The van der Waals surface area contributed by atoms with Gasteiger partial charge in [-0.15, -0.1) is 0 Å². The van der Waals surface area contributed by atoms with Gasteiger partial charge in [-0.2, -0.15) is 5.11 Å². The number of furan rings is 1. The largest absolute Gasteiger partial charge is 0.467 e. The molecule has 0 amide bonds. The van der Waals surface area contributed by atoms with Gasteiger partial charge in [0.15, 0.2) is 0 Å². The van der Waals surface area contributed by atoms with Gasteiger partial charge in [-0.1, -0.05) is 23.4 Å². The number of para-hydroxylation sites is 1. The minimum absolute atomic E-state index is 0.451. The molecule has 0 bridgehead atoms. The van der Waals surface area contributed by atoms with Crippen LogP contribution in [0.15, 0.2) is 63.5 Å². The molecule has 1 aromatic carbocycles. The van der Waals surface area contributed by atoms with Gasteiger partial charge in [-0.3, -0.25) is 5.43 Å². The van der Waals surface area contributed by atoms with Crippen LogP contribution in [0.4, 0.5) is 5.69 Å². The maximum atomic E-state index is 5.10. The van der Waals surface area contributed by atoms with E-state index in [-0.39, 0.29) is 0 Å². The third-order valence-corrected chi connectivity index (χ3v) is 1.83. The number of benzene rings is 1. The summed E-state index contributed by atoms with van der Waals surface area (Å²) in [5.74, 6) is 0.800. The normalized spacial score (nSPS) is 10.7. The predicted octanol–water partition coefficient (Wildman–Crippen LogP) is 3.26. The molecule has 4 heteroatoms. The predicted molar refractivity (Wildman–Crippen MR) is 57.3 cm³/mol. The Labute approximate surface area is 87.6 Å². The molecular formula is C11H11N3O. The van der Waals surface area contributed by atoms with Crippen LogP contribution >= 0.6 is 0 Å². The summed E-state index contributed by atoms with van der Waals surface area (Å²) in [6.07, 6.45) is 1.62. The first-order valence-corrected chi connectivity index (χ1v) is 4.65. The second-order valence-electron chi connectivity index (χ2n) is 2.96. The van der Waals surface area contributed by atoms with Crippen molar-refractivity contribution in [2.75, 3.05) is 5.43 Å². The molecule has 15 heavy (non-hydrogen) atoms. The molecule has 1 heterocycles. The fourth-order valence-corrected chi connectivity index (χ4v) is 1.11. The zero-order valence-electron chi connectivity index (χ0n) is 8.13. The maximum absolute atomic E-state index is 5.10. The molecule has 2 aromatic rings. The molecule has 76 valence electrons. The third-order valence-electron chi connectivity index (χ3n) is 1.83. The Morgan fingerprint density at radius 3 is 2.67 bits per heavy atom. The first-order chi connectivity index (χ1) is 7.45. The van der Waals surface area contributed by atoms with Gasteiger partial charge < -0.3 is 4.42 Å². The molecule has 0 aliphatic heterocycles. The Morgan fingerprint density at radius 1 is 1.07 bits per heavy atom. The van der Waals surface area contributed by atoms with Gasteiger partial charge in [0.1, 0.15) is 12.3 Å². The van der Waals surface area contributed by atoms with Crippen molar-refractivity contribution in [3.8, 4) is 0 Å². The summed E-state index contributed by atoms with van der Waals surface area (Å²) in [6, 6.07) is 13.4. The summed E-state index contributed by atoms with van der Waals surface area (Å²) in [6.45, 7) is 0.451. The Hall–Kier alpha value is -2.10. The highest BCUT2D eigenvalue weighted by molar-refractivity contribution is 5.41. The molecule has 0 aliphatic carbocycles. The summed E-state index contributed by atoms with van der Waals surface area (Å²) >= 11 is 0. The van der Waals surface area contributed by atoms with Crippen LogP contribution in [-0.2, 0) is 6.54 Å². The van der Waals surface area contributed by atoms with Gasteiger partial charge in [0.05, 0.1) is 12.0 Å². The lowest BCUT2D eigenvalue weighted by Crippen LogP contribution is -1.85. The van der Waals surface area contributed by atoms with E-state index in [4.69, 9.17) is 4.42 Å². The first-order valence-electron chi connectivity index (χ1n) is 4.65. The van der Waals surface area contributed by atoms with Crippen LogP contribution in [0.5, 0.6) is 0 Å². The maximum Gasteiger partial charge on any atom is 0.127 e. The number of rotatable bonds is 4. The fraction of sp³-hybridized carbons (Fsp3) is 0.0909. The number of nitrogens with zero attached hydrogens (tertiary/aromatic N) is 2. The highest BCUT2D eigenvalue weighted by atomic mass is 16.3. The average molecular weight is 201 g/mol. The Morgan fingerprint density at radius 2 is 1.93 bits per heavy atom. The summed E-state index contributed by atoms with van der Waals surface area (Å²) in [5.41, 5.74) is 3.74. The van der Waals surface area contributed by atoms with Crippen LogP contribution in [0.3, 0.4) is 0 Å². The van der Waals surface area contributed by atoms with E-state index in [0.29, 0.717) is 6.54 Å². The van der Waals surface area contributed by atoms with E-state index in [1.165, 1.54) is 0 Å². The standard InChI is InChI=1S/C11H11N3O/c1-2-5-10(6-3-1)13-14-12-9-11-7-4-8-15-11/h1-8H,9H2,(H,12,13). The fourth-order valence-electron chi connectivity index (χ4n) is 1.11. The molecule has 0 saturated heterocycles. The van der Waals surface area contributed by atoms with Crippen LogP contribution < -0.4 is 5.43 Å². The lowest BCUT2D eigenvalue weighted by atomic mass is 10.3. The van der Waals surface area contributed by atoms with Crippen LogP contribution in [0, 0.1) is 0 Å². The van der Waals surface area contributed by atoms with E-state index in [9.17, 15) is 0 Å². The second-order valence-corrected chi connectivity index (χ2v) is 2.96. The molecule has 1 N–H and O–H groups in total. The second kappa shape index (κ2) is 4.95. The van der Waals surface area contributed by atoms with Crippen LogP contribution in [0.1, 0.15) is 5.76 Å². The SMILES string of the molecule is c1ccc(NN=NCc2ccco2)cc1. The zero-order valence-corrected chi connectivity index (χ0v) is 8.13. The van der Waals surface area contributed by atoms with E-state index < -0.39 is 0 Å². The smallest absolute Gasteiger partial charge is 0.127 e. The van der Waals surface area contributed by atoms with Gasteiger partial charge in [0, 0.05) is 0 Å². The monoisotopic (exact) mass is 201 g/mol. The summed E-state index contributed by atoms with van der Waals surface area (Å²) < 4.78 is 5.10. The molecule has 0 radical (unpaired) electrons. The van der Waals surface area contributed by atoms with Gasteiger partial charge in [0.2, 0.25) is 0 Å². The minimum atomic E-state index is 0.451. The molecular weight excluding hydrogens is 190 g/mol. The van der Waals surface area contributed by atoms with E-state index in [1.807, 2.05) is 42.5 Å². The van der Waals surface area contributed by atoms with Gasteiger partial charge in [0.25, 0.3) is 0 Å². The lowest BCUT2D eigenvalue weighted by molar-refractivity contribution is 0.508. The molecule has 0 fully saturated rings. The van der Waals surface area contributed by atoms with Crippen molar-refractivity contribution in [3.63, 3.8) is 0 Å². The topological polar surface area (TPSA) is 49.9 Å². The van der Waals surface area contributed by atoms with Crippen LogP contribution in [0.25, 0.3) is 0 Å². The molecule has 0 unspecified atom stereocenters. The number of nitrogens with one attached hydrogen (secondary N) is 1. The summed E-state index contributed by atoms with van der Waals surface area (Å²) in [7, 11) is 0. The lowest BCUT2D eigenvalue weighted by Gasteiger charge is -1.96. The Balaban J connectivity index is 1.81. The van der Waals surface area contributed by atoms with Gasteiger partial charge >= 0.3 is 0 Å². The van der Waals surface area contributed by atoms with Crippen molar-refractivity contribution in [1.29, 1.82) is 0 Å². The van der Waals surface area contributed by atoms with E-state index in [1.54, 1.807) is 6.26 Å². The number of hydrogen-bond acceptors (Lipinski definition) is 3. The molecule has 4 nitrogen and oxygen atoms in total. The van der Waals surface area contributed by atoms with Crippen molar-refractivity contribution in [3.05, 3.63) is 54.5 Å². The molecule has 1 aromatic heterocycles. The Kier molecular flexibility index (Phi) is 3.12. The quantitative estimate of drug-likeness (QED) is 0.609. The Bertz CT molecular complexity index is 409. The molecule has 0 spiro atoms. The van der Waals surface area contributed by atoms with Gasteiger partial charge in [-0.25, -0.2) is 0 Å². The molecule has 2 rings (SSSR count). The number of hydrogen-bond donors (Lipinski definition) is 1. The van der Waals surface area contributed by atoms with Crippen molar-refractivity contribution < 1.29 is 4.42 Å². The summed E-state index contributed by atoms with van der Waals surface area (Å²) in [4.78, 5) is 0. The molecule has 0 aliphatic rings. The van der Waals surface area contributed by atoms with Crippen molar-refractivity contribution in [1.82, 2.24) is 0 Å². The van der Waals surface area contributed by atoms with Gasteiger partial charge in [-0.05, 0) is 24.3 Å². The average Bonchev–Trinajstić information content (AvgIpc) is 2.79. The zero-order chi connectivity index (χ0) is 10.3. The number of anilines is 1. The highest BCUT2D eigenvalue weighted by Crippen LogP contribution is 2.05. The van der Waals surface area contributed by atoms with Crippen molar-refractivity contribution >= 4 is 5.69 Å².